The number of hydrogen-bond donors (Lipinski definition) is 1. The van der Waals surface area contributed by atoms with Gasteiger partial charge >= 0.3 is 0 Å². The summed E-state index contributed by atoms with van der Waals surface area (Å²) >= 11 is 0. The van der Waals surface area contributed by atoms with Crippen molar-refractivity contribution in [3.8, 4) is 11.5 Å². The molecule has 2 aromatic carbocycles. The van der Waals surface area contributed by atoms with Crippen molar-refractivity contribution in [3.05, 3.63) is 81.4 Å². The van der Waals surface area contributed by atoms with Crippen LogP contribution in [-0.4, -0.2) is 18.9 Å². The van der Waals surface area contributed by atoms with E-state index in [9.17, 15) is 9.50 Å². The van der Waals surface area contributed by atoms with Crippen molar-refractivity contribution in [1.29, 1.82) is 0 Å². The predicted octanol–water partition coefficient (Wildman–Crippen LogP) is 7.43. The number of phenolic OH excluding ortho intramolecular Hbond substituents is 1. The zero-order chi connectivity index (χ0) is 24.3. The molecule has 2 nitrogen and oxygen atoms in total. The third kappa shape index (κ3) is 6.48. The Hall–Kier alpha value is -2.55. The second-order valence-corrected chi connectivity index (χ2v) is 7.49. The van der Waals surface area contributed by atoms with Crippen LogP contribution in [0, 0.1) is 55.4 Å². The lowest BCUT2D eigenvalue weighted by atomic mass is 9.92. The molecule has 0 amide bonds. The number of aromatic hydroxyl groups is 1. The van der Waals surface area contributed by atoms with Gasteiger partial charge in [0.2, 0.25) is 0 Å². The van der Waals surface area contributed by atoms with Crippen LogP contribution in [0.5, 0.6) is 11.5 Å². The van der Waals surface area contributed by atoms with Crippen molar-refractivity contribution in [3.63, 3.8) is 0 Å². The molecular formula is C27H39FO2. The Morgan fingerprint density at radius 1 is 0.867 bits per heavy atom. The maximum absolute atomic E-state index is 9.97. The number of rotatable bonds is 5. The molecule has 2 aromatic rings. The number of hydrogen-bond acceptors (Lipinski definition) is 2. The van der Waals surface area contributed by atoms with Gasteiger partial charge in [-0.25, -0.2) is 0 Å². The Bertz CT molecular complexity index is 872. The van der Waals surface area contributed by atoms with E-state index in [2.05, 4.69) is 67.7 Å². The summed E-state index contributed by atoms with van der Waals surface area (Å²) in [6.45, 7) is 24.6. The fourth-order valence-electron chi connectivity index (χ4n) is 3.24. The molecule has 0 aliphatic rings. The summed E-state index contributed by atoms with van der Waals surface area (Å²) in [5.74, 6) is 1.41. The Kier molecular flexibility index (Phi) is 11.0. The van der Waals surface area contributed by atoms with Crippen LogP contribution in [0.3, 0.4) is 0 Å². The van der Waals surface area contributed by atoms with Crippen molar-refractivity contribution in [2.45, 2.75) is 61.8 Å². The van der Waals surface area contributed by atoms with Crippen molar-refractivity contribution in [2.75, 3.05) is 13.8 Å². The summed E-state index contributed by atoms with van der Waals surface area (Å²) in [6, 6.07) is 2.10. The van der Waals surface area contributed by atoms with Crippen LogP contribution < -0.4 is 4.74 Å². The molecule has 1 N–H and O–H groups in total. The van der Waals surface area contributed by atoms with Crippen molar-refractivity contribution in [1.82, 2.24) is 0 Å². The van der Waals surface area contributed by atoms with Crippen molar-refractivity contribution >= 4 is 0 Å². The molecule has 0 saturated heterocycles. The highest BCUT2D eigenvalue weighted by Gasteiger charge is 2.12. The van der Waals surface area contributed by atoms with Crippen LogP contribution in [0.25, 0.3) is 0 Å². The Balaban J connectivity index is 0.000000516. The monoisotopic (exact) mass is 415 g/mol. The molecule has 0 spiro atoms. The average molecular weight is 416 g/mol. The van der Waals surface area contributed by atoms with Crippen LogP contribution in [0.4, 0.5) is 4.39 Å². The molecule has 30 heavy (non-hydrogen) atoms. The standard InChI is InChI=1S/2C13H18O.CH3F/c1-6-7-14-13-8-9(2)10(3)11(4)12(13)5;1-6-7-12-10(4)8(2)9(3)11(5)13(12)14;1-2/h6,8H,1,7H2,2-5H3;6,14H,1,7H2,2-5H3;1H3/i;;1D. The number of halogens is 1. The van der Waals surface area contributed by atoms with Gasteiger partial charge in [0, 0.05) is 5.56 Å². The summed E-state index contributed by atoms with van der Waals surface area (Å²) in [5, 5.41) is 9.97. The van der Waals surface area contributed by atoms with Crippen LogP contribution in [0.1, 0.15) is 51.4 Å². The van der Waals surface area contributed by atoms with E-state index in [0.29, 0.717) is 12.4 Å². The maximum atomic E-state index is 9.97. The number of ether oxygens (including phenoxy) is 1. The molecule has 3 heteroatoms. The first-order chi connectivity index (χ1) is 14.5. The molecule has 0 radical (unpaired) electrons. The minimum atomic E-state index is -1.00. The molecule has 0 aromatic heterocycles. The van der Waals surface area contributed by atoms with Gasteiger partial charge in [0.05, 0.1) is 8.52 Å². The third-order valence-corrected chi connectivity index (χ3v) is 5.92. The topological polar surface area (TPSA) is 29.5 Å². The van der Waals surface area contributed by atoms with Gasteiger partial charge in [0.15, 0.2) is 0 Å². The molecule has 0 atom stereocenters. The minimum absolute atomic E-state index is 0.436. The number of alkyl halides is 1. The molecule has 0 aliphatic carbocycles. The Morgan fingerprint density at radius 2 is 1.37 bits per heavy atom. The van der Waals surface area contributed by atoms with Gasteiger partial charge in [0.1, 0.15) is 18.1 Å². The van der Waals surface area contributed by atoms with Gasteiger partial charge < -0.3 is 9.84 Å². The van der Waals surface area contributed by atoms with E-state index in [4.69, 9.17) is 6.11 Å². The number of phenols is 1. The lowest BCUT2D eigenvalue weighted by molar-refractivity contribution is 0.360. The van der Waals surface area contributed by atoms with Crippen LogP contribution >= 0.6 is 0 Å². The van der Waals surface area contributed by atoms with Crippen LogP contribution in [0.15, 0.2) is 31.4 Å². The highest BCUT2D eigenvalue weighted by Crippen LogP contribution is 2.32. The summed E-state index contributed by atoms with van der Waals surface area (Å²) in [6.07, 6.45) is 4.33. The molecular weight excluding hydrogens is 375 g/mol. The first-order valence-electron chi connectivity index (χ1n) is 10.8. The van der Waals surface area contributed by atoms with E-state index in [1.165, 1.54) is 38.9 Å². The molecule has 0 heterocycles. The summed E-state index contributed by atoms with van der Waals surface area (Å²) in [7, 11) is -1.00. The van der Waals surface area contributed by atoms with E-state index in [0.717, 1.165) is 23.3 Å². The molecule has 0 saturated carbocycles. The van der Waals surface area contributed by atoms with Crippen molar-refractivity contribution < 1.29 is 15.6 Å². The lowest BCUT2D eigenvalue weighted by Gasteiger charge is -2.15. The minimum Gasteiger partial charge on any atom is -0.507 e. The first kappa shape index (κ1) is 25.5. The Labute approximate surface area is 184 Å². The second kappa shape index (κ2) is 12.9. The van der Waals surface area contributed by atoms with E-state index in [-0.39, 0.29) is 0 Å². The fourth-order valence-corrected chi connectivity index (χ4v) is 3.24. The lowest BCUT2D eigenvalue weighted by Crippen LogP contribution is -1.99. The number of aryl methyl sites for hydroxylation is 1. The maximum Gasteiger partial charge on any atom is 0.123 e. The van der Waals surface area contributed by atoms with E-state index in [1.54, 1.807) is 6.08 Å². The van der Waals surface area contributed by atoms with Gasteiger partial charge in [-0.15, -0.1) is 6.58 Å². The van der Waals surface area contributed by atoms with E-state index in [1.807, 2.05) is 13.0 Å². The quantitative estimate of drug-likeness (QED) is 0.515. The number of benzene rings is 2. The largest absolute Gasteiger partial charge is 0.507 e. The molecule has 0 unspecified atom stereocenters. The van der Waals surface area contributed by atoms with E-state index >= 15 is 0 Å². The highest BCUT2D eigenvalue weighted by atomic mass is 19.1. The summed E-state index contributed by atoms with van der Waals surface area (Å²) < 4.78 is 21.1. The molecule has 0 aliphatic heterocycles. The van der Waals surface area contributed by atoms with E-state index < -0.39 is 7.15 Å². The van der Waals surface area contributed by atoms with Gasteiger partial charge in [-0.1, -0.05) is 18.7 Å². The average Bonchev–Trinajstić information content (AvgIpc) is 2.75. The van der Waals surface area contributed by atoms with Gasteiger partial charge in [-0.3, -0.25) is 4.39 Å². The van der Waals surface area contributed by atoms with Gasteiger partial charge in [0.25, 0.3) is 0 Å². The normalized spacial score (nSPS) is 10.1. The van der Waals surface area contributed by atoms with Crippen LogP contribution in [-0.2, 0) is 6.42 Å². The second-order valence-electron chi connectivity index (χ2n) is 7.49. The SMILES string of the molecule is C=CCOc1cc(C)c(C)c(C)c1C.C=CCc1c(C)c(C)c(C)c(C)c1O.[2H]CF. The zero-order valence-corrected chi connectivity index (χ0v) is 20.0. The third-order valence-electron chi connectivity index (χ3n) is 5.92. The molecule has 0 fully saturated rings. The molecule has 0 bridgehead atoms. The van der Waals surface area contributed by atoms with Gasteiger partial charge in [-0.2, -0.15) is 0 Å². The van der Waals surface area contributed by atoms with Crippen LogP contribution in [0.2, 0.25) is 0 Å². The highest BCUT2D eigenvalue weighted by molar-refractivity contribution is 5.53. The predicted molar refractivity (Wildman–Crippen MR) is 129 cm³/mol. The summed E-state index contributed by atoms with van der Waals surface area (Å²) in [4.78, 5) is 0. The fraction of sp³-hybridized carbons (Fsp3) is 0.407. The first-order valence-corrected chi connectivity index (χ1v) is 10.0. The smallest absolute Gasteiger partial charge is 0.123 e. The van der Waals surface area contributed by atoms with Gasteiger partial charge in [-0.05, 0) is 112 Å². The summed E-state index contributed by atoms with van der Waals surface area (Å²) in [5.41, 5.74) is 10.8. The molecule has 2 rings (SSSR count). The number of allylic oxidation sites excluding steroid dienone is 1. The zero-order valence-electron chi connectivity index (χ0n) is 21.0. The molecule has 166 valence electrons. The Morgan fingerprint density at radius 3 is 1.87 bits per heavy atom. The van der Waals surface area contributed by atoms with Crippen molar-refractivity contribution in [2.24, 2.45) is 0 Å².